The molecule has 0 spiro atoms. The predicted molar refractivity (Wildman–Crippen MR) is 90.6 cm³/mol. The van der Waals surface area contributed by atoms with Crippen molar-refractivity contribution in [1.82, 2.24) is 19.8 Å². The number of aromatic nitrogens is 2. The smallest absolute Gasteiger partial charge is 0.244 e. The number of hydrogen-bond donors (Lipinski definition) is 1. The number of rotatable bonds is 5. The van der Waals surface area contributed by atoms with Crippen LogP contribution in [0.4, 0.5) is 0 Å². The lowest BCUT2D eigenvalue weighted by Crippen LogP contribution is -2.45. The molecular formula is C18H24N4O3. The maximum absolute atomic E-state index is 12.8. The van der Waals surface area contributed by atoms with Crippen LogP contribution >= 0.6 is 0 Å². The third kappa shape index (κ3) is 3.77. The molecule has 4 heterocycles. The Labute approximate surface area is 147 Å². The van der Waals surface area contributed by atoms with Gasteiger partial charge in [-0.25, -0.2) is 4.98 Å². The molecule has 1 amide bonds. The summed E-state index contributed by atoms with van der Waals surface area (Å²) in [6.45, 7) is 4.56. The highest BCUT2D eigenvalue weighted by Gasteiger charge is 2.30. The highest BCUT2D eigenvalue weighted by atomic mass is 16.5. The third-order valence-electron chi connectivity index (χ3n) is 5.09. The number of nitrogens with one attached hydrogen (secondary N) is 1. The van der Waals surface area contributed by atoms with Gasteiger partial charge in [0, 0.05) is 51.2 Å². The first-order chi connectivity index (χ1) is 12.3. The maximum atomic E-state index is 12.8. The van der Waals surface area contributed by atoms with Crippen LogP contribution in [0.5, 0.6) is 0 Å². The van der Waals surface area contributed by atoms with Crippen molar-refractivity contribution in [2.75, 3.05) is 26.3 Å². The minimum atomic E-state index is -0.238. The molecule has 1 fully saturated rings. The standard InChI is InChI=1S/C18H24N4O3/c23-18(20-7-14-1-4-24-5-2-14)17-11-21(9-15-3-6-25-12-15)10-16-8-19-13-22(16)17/h3,6,8,12-14,17H,1-2,4-5,7,9-11H2,(H,20,23). The molecule has 0 bridgehead atoms. The minimum Gasteiger partial charge on any atom is -0.472 e. The SMILES string of the molecule is O=C(NCC1CCOCC1)C1CN(Cc2ccoc2)Cc2cncn21. The van der Waals surface area contributed by atoms with E-state index in [0.717, 1.165) is 56.9 Å². The first-order valence-corrected chi connectivity index (χ1v) is 8.89. The zero-order valence-electron chi connectivity index (χ0n) is 14.3. The molecule has 1 saturated heterocycles. The van der Waals surface area contributed by atoms with Crippen LogP contribution in [-0.2, 0) is 22.6 Å². The number of hydrogen-bond acceptors (Lipinski definition) is 5. The number of carbonyl (C=O) groups excluding carboxylic acids is 1. The lowest BCUT2D eigenvalue weighted by molar-refractivity contribution is -0.126. The van der Waals surface area contributed by atoms with Crippen molar-refractivity contribution in [2.24, 2.45) is 5.92 Å². The van der Waals surface area contributed by atoms with Crippen LogP contribution < -0.4 is 5.32 Å². The third-order valence-corrected chi connectivity index (χ3v) is 5.09. The summed E-state index contributed by atoms with van der Waals surface area (Å²) in [5.41, 5.74) is 2.19. The molecule has 0 saturated carbocycles. The maximum Gasteiger partial charge on any atom is 0.244 e. The second-order valence-electron chi connectivity index (χ2n) is 6.91. The average molecular weight is 344 g/mol. The summed E-state index contributed by atoms with van der Waals surface area (Å²) in [4.78, 5) is 19.3. The Hall–Kier alpha value is -2.12. The van der Waals surface area contributed by atoms with E-state index in [-0.39, 0.29) is 11.9 Å². The average Bonchev–Trinajstić information content (AvgIpc) is 3.31. The van der Waals surface area contributed by atoms with Crippen molar-refractivity contribution < 1.29 is 13.9 Å². The minimum absolute atomic E-state index is 0.0719. The van der Waals surface area contributed by atoms with Crippen LogP contribution in [0.1, 0.15) is 30.1 Å². The number of furan rings is 1. The number of amides is 1. The van der Waals surface area contributed by atoms with Crippen molar-refractivity contribution in [2.45, 2.75) is 32.0 Å². The second kappa shape index (κ2) is 7.41. The fraction of sp³-hybridized carbons (Fsp3) is 0.556. The van der Waals surface area contributed by atoms with Crippen LogP contribution in [-0.4, -0.2) is 46.7 Å². The van der Waals surface area contributed by atoms with E-state index < -0.39 is 0 Å². The number of imidazole rings is 1. The van der Waals surface area contributed by atoms with Crippen molar-refractivity contribution in [3.05, 3.63) is 42.4 Å². The van der Waals surface area contributed by atoms with Gasteiger partial charge in [0.15, 0.2) is 0 Å². The van der Waals surface area contributed by atoms with Crippen molar-refractivity contribution >= 4 is 5.91 Å². The molecule has 7 nitrogen and oxygen atoms in total. The Morgan fingerprint density at radius 1 is 1.36 bits per heavy atom. The summed E-state index contributed by atoms with van der Waals surface area (Å²) in [7, 11) is 0. The van der Waals surface area contributed by atoms with Crippen molar-refractivity contribution in [3.63, 3.8) is 0 Å². The molecule has 7 heteroatoms. The summed E-state index contributed by atoms with van der Waals surface area (Å²) in [6, 6.07) is 1.73. The Morgan fingerprint density at radius 3 is 3.04 bits per heavy atom. The number of carbonyl (C=O) groups is 1. The van der Waals surface area contributed by atoms with Gasteiger partial charge < -0.3 is 19.0 Å². The first-order valence-electron chi connectivity index (χ1n) is 8.89. The molecule has 0 aromatic carbocycles. The molecule has 1 unspecified atom stereocenters. The zero-order valence-corrected chi connectivity index (χ0v) is 14.3. The van der Waals surface area contributed by atoms with Crippen LogP contribution in [0, 0.1) is 5.92 Å². The molecule has 4 rings (SSSR count). The molecule has 1 atom stereocenters. The molecular weight excluding hydrogens is 320 g/mol. The summed E-state index contributed by atoms with van der Waals surface area (Å²) < 4.78 is 12.5. The molecule has 134 valence electrons. The van der Waals surface area contributed by atoms with Gasteiger partial charge in [0.1, 0.15) is 6.04 Å². The normalized spacial score (nSPS) is 21.8. The molecule has 0 aliphatic carbocycles. The van der Waals surface area contributed by atoms with Gasteiger partial charge >= 0.3 is 0 Å². The van der Waals surface area contributed by atoms with Crippen molar-refractivity contribution in [1.29, 1.82) is 0 Å². The van der Waals surface area contributed by atoms with E-state index in [0.29, 0.717) is 12.5 Å². The lowest BCUT2D eigenvalue weighted by atomic mass is 10.0. The van der Waals surface area contributed by atoms with Gasteiger partial charge in [0.05, 0.1) is 24.5 Å². The van der Waals surface area contributed by atoms with E-state index in [1.54, 1.807) is 18.9 Å². The van der Waals surface area contributed by atoms with E-state index in [1.165, 1.54) is 0 Å². The molecule has 25 heavy (non-hydrogen) atoms. The Morgan fingerprint density at radius 2 is 2.24 bits per heavy atom. The van der Waals surface area contributed by atoms with Crippen LogP contribution in [0.15, 0.2) is 35.5 Å². The van der Waals surface area contributed by atoms with E-state index in [9.17, 15) is 4.79 Å². The number of nitrogens with zero attached hydrogens (tertiary/aromatic N) is 3. The van der Waals surface area contributed by atoms with Gasteiger partial charge in [-0.3, -0.25) is 9.69 Å². The van der Waals surface area contributed by atoms with Crippen molar-refractivity contribution in [3.8, 4) is 0 Å². The zero-order chi connectivity index (χ0) is 17.1. The van der Waals surface area contributed by atoms with Crippen LogP contribution in [0.25, 0.3) is 0 Å². The van der Waals surface area contributed by atoms with Crippen LogP contribution in [0.2, 0.25) is 0 Å². The Balaban J connectivity index is 1.41. The molecule has 2 aromatic rings. The monoisotopic (exact) mass is 344 g/mol. The molecule has 2 aliphatic rings. The van der Waals surface area contributed by atoms with Crippen LogP contribution in [0.3, 0.4) is 0 Å². The molecule has 2 aliphatic heterocycles. The van der Waals surface area contributed by atoms with Gasteiger partial charge in [0.2, 0.25) is 5.91 Å². The fourth-order valence-corrected chi connectivity index (χ4v) is 3.65. The number of ether oxygens (including phenoxy) is 1. The van der Waals surface area contributed by atoms with Gasteiger partial charge in [-0.15, -0.1) is 0 Å². The summed E-state index contributed by atoms with van der Waals surface area (Å²) in [6.07, 6.45) is 9.10. The summed E-state index contributed by atoms with van der Waals surface area (Å²) in [5.74, 6) is 0.591. The van der Waals surface area contributed by atoms with E-state index in [2.05, 4.69) is 15.2 Å². The van der Waals surface area contributed by atoms with E-state index in [1.807, 2.05) is 16.8 Å². The van der Waals surface area contributed by atoms with Gasteiger partial charge in [0.25, 0.3) is 0 Å². The number of fused-ring (bicyclic) bond motifs is 1. The first kappa shape index (κ1) is 16.4. The highest BCUT2D eigenvalue weighted by molar-refractivity contribution is 5.80. The molecule has 2 aromatic heterocycles. The Bertz CT molecular complexity index is 691. The Kier molecular flexibility index (Phi) is 4.85. The second-order valence-corrected chi connectivity index (χ2v) is 6.91. The topological polar surface area (TPSA) is 72.5 Å². The lowest BCUT2D eigenvalue weighted by Gasteiger charge is -2.33. The predicted octanol–water partition coefficient (Wildman–Crippen LogP) is 1.58. The largest absolute Gasteiger partial charge is 0.472 e. The fourth-order valence-electron chi connectivity index (χ4n) is 3.65. The molecule has 1 N–H and O–H groups in total. The van der Waals surface area contributed by atoms with Gasteiger partial charge in [-0.1, -0.05) is 0 Å². The summed E-state index contributed by atoms with van der Waals surface area (Å²) in [5, 5.41) is 3.14. The van der Waals surface area contributed by atoms with E-state index >= 15 is 0 Å². The van der Waals surface area contributed by atoms with Gasteiger partial charge in [-0.2, -0.15) is 0 Å². The molecule has 0 radical (unpaired) electrons. The summed E-state index contributed by atoms with van der Waals surface area (Å²) >= 11 is 0. The van der Waals surface area contributed by atoms with Gasteiger partial charge in [-0.05, 0) is 24.8 Å². The quantitative estimate of drug-likeness (QED) is 0.891. The van der Waals surface area contributed by atoms with E-state index in [4.69, 9.17) is 9.15 Å². The highest BCUT2D eigenvalue weighted by Crippen LogP contribution is 2.23.